The number of rotatable bonds is 0. The minimum absolute atomic E-state index is 0. The molecule has 0 aromatic heterocycles. The van der Waals surface area contributed by atoms with E-state index in [1.807, 2.05) is 0 Å². The summed E-state index contributed by atoms with van der Waals surface area (Å²) in [6, 6.07) is 0. The van der Waals surface area contributed by atoms with Gasteiger partial charge in [-0.1, -0.05) is 0 Å². The minimum Gasteiger partial charge on any atom is -0.394 e. The Morgan fingerprint density at radius 2 is 1.33 bits per heavy atom. The Hall–Kier alpha value is 0.622. The van der Waals surface area contributed by atoms with Gasteiger partial charge in [0.1, 0.15) is 0 Å². The maximum absolute atomic E-state index is 8.06. The van der Waals surface area contributed by atoms with Crippen molar-refractivity contribution in [3.8, 4) is 0 Å². The van der Waals surface area contributed by atoms with Crippen molar-refractivity contribution in [2.75, 3.05) is 0 Å². The van der Waals surface area contributed by atoms with Crippen molar-refractivity contribution in [3.63, 3.8) is 0 Å². The van der Waals surface area contributed by atoms with Crippen molar-refractivity contribution >= 4 is 0 Å². The summed E-state index contributed by atoms with van der Waals surface area (Å²) in [5, 5.41) is 8.06. The molecule has 2 heteroatoms. The summed E-state index contributed by atoms with van der Waals surface area (Å²) >= 11 is 0. The molecule has 0 spiro atoms. The third-order valence-corrected chi connectivity index (χ3v) is 0. The second-order valence-corrected chi connectivity index (χ2v) is 1.09. The quantitative estimate of drug-likeness (QED) is 0.535. The molecule has 4 radical (unpaired) electrons. The van der Waals surface area contributed by atoms with Gasteiger partial charge in [-0.3, -0.25) is 0 Å². The molecule has 0 heterocycles. The van der Waals surface area contributed by atoms with Crippen LogP contribution in [0.4, 0.5) is 0 Å². The van der Waals surface area contributed by atoms with Crippen LogP contribution < -0.4 is 0 Å². The summed E-state index contributed by atoms with van der Waals surface area (Å²) in [7, 11) is 0. The van der Waals surface area contributed by atoms with Crippen LogP contribution in [0.25, 0.3) is 0 Å². The fourth-order valence-corrected chi connectivity index (χ4v) is 0. The normalized spacial score (nSPS) is 6.00. The summed E-state index contributed by atoms with van der Waals surface area (Å²) in [6.45, 7) is 3.44. The molecule has 0 unspecified atom stereocenters. The van der Waals surface area contributed by atoms with Crippen molar-refractivity contribution < 1.29 is 25.5 Å². The molecule has 0 saturated heterocycles. The van der Waals surface area contributed by atoms with Gasteiger partial charge in [-0.25, -0.2) is 0 Å². The van der Waals surface area contributed by atoms with Gasteiger partial charge in [0.25, 0.3) is 0 Å². The second kappa shape index (κ2) is 9.16. The molecule has 0 rings (SSSR count). The maximum Gasteiger partial charge on any atom is 0.0483 e. The molecule has 40 valence electrons. The molecule has 0 amide bonds. The zero-order valence-corrected chi connectivity index (χ0v) is 5.40. The standard InChI is InChI=1S/C3H8O.C.Pd/c1-3(2)4;;/h3-4H,1-2H3;;. The molecule has 1 N–H and O–H groups in total. The molecule has 0 aromatic carbocycles. The van der Waals surface area contributed by atoms with Crippen molar-refractivity contribution in [1.82, 2.24) is 0 Å². The van der Waals surface area contributed by atoms with Gasteiger partial charge in [0.2, 0.25) is 0 Å². The van der Waals surface area contributed by atoms with Gasteiger partial charge in [-0.15, -0.1) is 0 Å². The third-order valence-electron chi connectivity index (χ3n) is 0. The Kier molecular flexibility index (Phi) is 24.3. The smallest absolute Gasteiger partial charge is 0.0483 e. The van der Waals surface area contributed by atoms with E-state index >= 15 is 0 Å². The number of hydrogen-bond acceptors (Lipinski definition) is 1. The van der Waals surface area contributed by atoms with Crippen LogP contribution in [0.5, 0.6) is 0 Å². The molecule has 0 aliphatic carbocycles. The summed E-state index contributed by atoms with van der Waals surface area (Å²) in [5.41, 5.74) is 0. The predicted octanol–water partition coefficient (Wildman–Crippen LogP) is 0.466. The minimum atomic E-state index is -0.167. The van der Waals surface area contributed by atoms with E-state index in [1.165, 1.54) is 0 Å². The van der Waals surface area contributed by atoms with Crippen LogP contribution in [0.2, 0.25) is 0 Å². The Morgan fingerprint density at radius 1 is 1.33 bits per heavy atom. The van der Waals surface area contributed by atoms with E-state index < -0.39 is 0 Å². The maximum atomic E-state index is 8.06. The van der Waals surface area contributed by atoms with Crippen LogP contribution >= 0.6 is 0 Å². The van der Waals surface area contributed by atoms with Gasteiger partial charge in [-0.2, -0.15) is 0 Å². The molecule has 0 fully saturated rings. The molecule has 0 saturated carbocycles. The Balaban J connectivity index is -0.0000000450. The fourth-order valence-electron chi connectivity index (χ4n) is 0. The van der Waals surface area contributed by atoms with Gasteiger partial charge >= 0.3 is 0 Å². The Labute approximate surface area is 53.4 Å². The Morgan fingerprint density at radius 3 is 1.33 bits per heavy atom. The van der Waals surface area contributed by atoms with Gasteiger partial charge in [0.05, 0.1) is 0 Å². The number of hydrogen-bond donors (Lipinski definition) is 1. The van der Waals surface area contributed by atoms with Gasteiger partial charge in [-0.05, 0) is 13.8 Å². The number of aliphatic hydroxyl groups excluding tert-OH is 1. The second-order valence-electron chi connectivity index (χ2n) is 1.09. The van der Waals surface area contributed by atoms with Gasteiger partial charge in [0, 0.05) is 34.0 Å². The van der Waals surface area contributed by atoms with E-state index in [2.05, 4.69) is 0 Å². The van der Waals surface area contributed by atoms with Crippen molar-refractivity contribution in [1.29, 1.82) is 0 Å². The predicted molar refractivity (Wildman–Crippen MR) is 20.6 cm³/mol. The van der Waals surface area contributed by atoms with Crippen molar-refractivity contribution in [3.05, 3.63) is 7.43 Å². The first-order valence-electron chi connectivity index (χ1n) is 1.41. The topological polar surface area (TPSA) is 20.2 Å². The van der Waals surface area contributed by atoms with E-state index in [-0.39, 0.29) is 34.0 Å². The summed E-state index contributed by atoms with van der Waals surface area (Å²) in [6.07, 6.45) is -0.167. The molecule has 0 bridgehead atoms. The van der Waals surface area contributed by atoms with E-state index in [9.17, 15) is 0 Å². The molecule has 1 nitrogen and oxygen atoms in total. The SMILES string of the molecule is CC(C)O.[C].[Pd]. The zero-order chi connectivity index (χ0) is 3.58. The van der Waals surface area contributed by atoms with Gasteiger partial charge < -0.3 is 5.11 Å². The first-order chi connectivity index (χ1) is 1.73. The molecular weight excluding hydrogens is 170 g/mol. The van der Waals surface area contributed by atoms with Crippen molar-refractivity contribution in [2.45, 2.75) is 20.0 Å². The zero-order valence-electron chi connectivity index (χ0n) is 3.84. The van der Waals surface area contributed by atoms with Crippen LogP contribution in [0.15, 0.2) is 0 Å². The average Bonchev–Trinajstić information content (AvgIpc) is 0.811. The van der Waals surface area contributed by atoms with Crippen molar-refractivity contribution in [2.24, 2.45) is 0 Å². The van der Waals surface area contributed by atoms with Gasteiger partial charge in [0.15, 0.2) is 0 Å². The third kappa shape index (κ3) is 157. The Bertz CT molecular complexity index is 12.3. The van der Waals surface area contributed by atoms with Crippen LogP contribution in [0, 0.1) is 7.43 Å². The molecule has 0 atom stereocenters. The number of aliphatic hydroxyl groups is 1. The summed E-state index contributed by atoms with van der Waals surface area (Å²) < 4.78 is 0. The first kappa shape index (κ1) is 16.0. The van der Waals surface area contributed by atoms with Crippen LogP contribution in [-0.2, 0) is 20.4 Å². The van der Waals surface area contributed by atoms with Crippen LogP contribution in [0.3, 0.4) is 0 Å². The largest absolute Gasteiger partial charge is 0.394 e. The van der Waals surface area contributed by atoms with E-state index in [0.29, 0.717) is 0 Å². The molecule has 0 aliphatic rings. The monoisotopic (exact) mass is 178 g/mol. The molecule has 6 heavy (non-hydrogen) atoms. The summed E-state index contributed by atoms with van der Waals surface area (Å²) in [5.74, 6) is 0. The fraction of sp³-hybridized carbons (Fsp3) is 0.750. The molecule has 0 aromatic rings. The van der Waals surface area contributed by atoms with E-state index in [4.69, 9.17) is 5.11 Å². The average molecular weight is 179 g/mol. The summed E-state index contributed by atoms with van der Waals surface area (Å²) in [4.78, 5) is 0. The molecular formula is C4H8OPd. The van der Waals surface area contributed by atoms with E-state index in [0.717, 1.165) is 0 Å². The first-order valence-corrected chi connectivity index (χ1v) is 1.41. The molecule has 0 aliphatic heterocycles. The van der Waals surface area contributed by atoms with Crippen LogP contribution in [0.1, 0.15) is 13.8 Å². The van der Waals surface area contributed by atoms with Crippen LogP contribution in [-0.4, -0.2) is 11.2 Å². The van der Waals surface area contributed by atoms with E-state index in [1.54, 1.807) is 13.8 Å².